The van der Waals surface area contributed by atoms with Gasteiger partial charge in [-0.3, -0.25) is 0 Å². The number of aryl methyl sites for hydroxylation is 2. The zero-order valence-electron chi connectivity index (χ0n) is 16.2. The molecular weight excluding hydrogens is 338 g/mol. The Morgan fingerprint density at radius 2 is 1.78 bits per heavy atom. The maximum atomic E-state index is 5.35. The largest absolute Gasteiger partial charge is 0.493 e. The zero-order valence-corrected chi connectivity index (χ0v) is 16.2. The second kappa shape index (κ2) is 9.24. The van der Waals surface area contributed by atoms with E-state index in [2.05, 4.69) is 41.7 Å². The lowest BCUT2D eigenvalue weighted by Gasteiger charge is -2.10. The highest BCUT2D eigenvalue weighted by Gasteiger charge is 2.07. The third kappa shape index (κ3) is 4.89. The first kappa shape index (κ1) is 19.0. The van der Waals surface area contributed by atoms with Crippen molar-refractivity contribution in [1.29, 1.82) is 0 Å². The predicted octanol–water partition coefficient (Wildman–Crippen LogP) is 3.92. The summed E-state index contributed by atoms with van der Waals surface area (Å²) in [6.45, 7) is 3.83. The van der Waals surface area contributed by atoms with Crippen molar-refractivity contribution in [2.75, 3.05) is 20.8 Å². The standard InChI is InChI=1S/C22H27N3O2/c1-17-19(16-25(24-17)20-9-5-4-6-10-20)8-7-13-23-15-18-11-12-21(26-2)22(14-18)27-3/h4-6,9-12,14,16,23H,7-8,13,15H2,1-3H3. The van der Waals surface area contributed by atoms with Gasteiger partial charge in [0, 0.05) is 12.7 Å². The van der Waals surface area contributed by atoms with E-state index in [-0.39, 0.29) is 0 Å². The van der Waals surface area contributed by atoms with E-state index in [9.17, 15) is 0 Å². The van der Waals surface area contributed by atoms with Crippen molar-refractivity contribution in [2.45, 2.75) is 26.3 Å². The van der Waals surface area contributed by atoms with Crippen LogP contribution in [-0.2, 0) is 13.0 Å². The van der Waals surface area contributed by atoms with Crippen LogP contribution in [0.1, 0.15) is 23.2 Å². The average molecular weight is 365 g/mol. The van der Waals surface area contributed by atoms with Crippen LogP contribution < -0.4 is 14.8 Å². The van der Waals surface area contributed by atoms with E-state index in [4.69, 9.17) is 9.47 Å². The number of benzene rings is 2. The number of para-hydroxylation sites is 1. The molecule has 0 spiro atoms. The van der Waals surface area contributed by atoms with Crippen molar-refractivity contribution in [3.05, 3.63) is 71.5 Å². The number of hydrogen-bond donors (Lipinski definition) is 1. The number of hydrogen-bond acceptors (Lipinski definition) is 4. The molecule has 0 amide bonds. The number of nitrogens with zero attached hydrogens (tertiary/aromatic N) is 2. The topological polar surface area (TPSA) is 48.3 Å². The third-order valence-corrected chi connectivity index (χ3v) is 4.60. The minimum Gasteiger partial charge on any atom is -0.493 e. The van der Waals surface area contributed by atoms with Crippen molar-refractivity contribution in [1.82, 2.24) is 15.1 Å². The van der Waals surface area contributed by atoms with Gasteiger partial charge in [-0.2, -0.15) is 5.10 Å². The number of nitrogens with one attached hydrogen (secondary N) is 1. The quantitative estimate of drug-likeness (QED) is 0.584. The Kier molecular flexibility index (Phi) is 6.49. The van der Waals surface area contributed by atoms with Crippen molar-refractivity contribution in [3.63, 3.8) is 0 Å². The predicted molar refractivity (Wildman–Crippen MR) is 108 cm³/mol. The van der Waals surface area contributed by atoms with Crippen LogP contribution in [0.15, 0.2) is 54.7 Å². The van der Waals surface area contributed by atoms with Crippen molar-refractivity contribution >= 4 is 0 Å². The molecule has 1 aromatic heterocycles. The molecule has 3 rings (SSSR count). The molecule has 1 heterocycles. The Labute approximate surface area is 160 Å². The van der Waals surface area contributed by atoms with Crippen LogP contribution in [0.5, 0.6) is 11.5 Å². The lowest BCUT2D eigenvalue weighted by molar-refractivity contribution is 0.354. The summed E-state index contributed by atoms with van der Waals surface area (Å²) in [6, 6.07) is 16.2. The first-order valence-electron chi connectivity index (χ1n) is 9.23. The smallest absolute Gasteiger partial charge is 0.161 e. The van der Waals surface area contributed by atoms with Gasteiger partial charge in [0.2, 0.25) is 0 Å². The van der Waals surface area contributed by atoms with Gasteiger partial charge in [-0.1, -0.05) is 24.3 Å². The molecule has 0 aliphatic rings. The van der Waals surface area contributed by atoms with E-state index in [0.717, 1.165) is 48.8 Å². The van der Waals surface area contributed by atoms with Gasteiger partial charge in [0.05, 0.1) is 25.6 Å². The number of ether oxygens (including phenoxy) is 2. The molecule has 142 valence electrons. The highest BCUT2D eigenvalue weighted by molar-refractivity contribution is 5.42. The van der Waals surface area contributed by atoms with Gasteiger partial charge in [0.15, 0.2) is 11.5 Å². The maximum absolute atomic E-state index is 5.35. The van der Waals surface area contributed by atoms with Gasteiger partial charge in [-0.05, 0) is 61.7 Å². The summed E-state index contributed by atoms with van der Waals surface area (Å²) >= 11 is 0. The number of methoxy groups -OCH3 is 2. The van der Waals surface area contributed by atoms with Crippen molar-refractivity contribution in [2.24, 2.45) is 0 Å². The Morgan fingerprint density at radius 3 is 2.52 bits per heavy atom. The molecule has 0 saturated heterocycles. The fraction of sp³-hybridized carbons (Fsp3) is 0.318. The van der Waals surface area contributed by atoms with Gasteiger partial charge in [0.1, 0.15) is 0 Å². The molecule has 27 heavy (non-hydrogen) atoms. The normalized spacial score (nSPS) is 10.8. The summed E-state index contributed by atoms with van der Waals surface area (Å²) in [5, 5.41) is 8.13. The second-order valence-electron chi connectivity index (χ2n) is 6.49. The van der Waals surface area contributed by atoms with Crippen LogP contribution >= 0.6 is 0 Å². The van der Waals surface area contributed by atoms with Gasteiger partial charge < -0.3 is 14.8 Å². The molecular formula is C22H27N3O2. The first-order valence-corrected chi connectivity index (χ1v) is 9.23. The van der Waals surface area contributed by atoms with Crippen molar-refractivity contribution < 1.29 is 9.47 Å². The van der Waals surface area contributed by atoms with E-state index in [0.29, 0.717) is 0 Å². The van der Waals surface area contributed by atoms with Crippen LogP contribution in [0.3, 0.4) is 0 Å². The number of aromatic nitrogens is 2. The number of rotatable bonds is 9. The van der Waals surface area contributed by atoms with Crippen LogP contribution in [0, 0.1) is 6.92 Å². The molecule has 0 radical (unpaired) electrons. The summed E-state index contributed by atoms with van der Waals surface area (Å²) in [4.78, 5) is 0. The molecule has 0 fully saturated rings. The summed E-state index contributed by atoms with van der Waals surface area (Å²) in [5.41, 5.74) is 4.67. The van der Waals surface area contributed by atoms with Gasteiger partial charge in [-0.15, -0.1) is 0 Å². The summed E-state index contributed by atoms with van der Waals surface area (Å²) < 4.78 is 12.6. The third-order valence-electron chi connectivity index (χ3n) is 4.60. The molecule has 0 saturated carbocycles. The lowest BCUT2D eigenvalue weighted by Crippen LogP contribution is -2.15. The lowest BCUT2D eigenvalue weighted by atomic mass is 10.1. The second-order valence-corrected chi connectivity index (χ2v) is 6.49. The maximum Gasteiger partial charge on any atom is 0.161 e. The SMILES string of the molecule is COc1ccc(CNCCCc2cn(-c3ccccc3)nc2C)cc1OC. The molecule has 0 bridgehead atoms. The average Bonchev–Trinajstić information content (AvgIpc) is 3.09. The molecule has 3 aromatic rings. The van der Waals surface area contributed by atoms with E-state index in [1.165, 1.54) is 11.1 Å². The van der Waals surface area contributed by atoms with Crippen LogP contribution in [0.2, 0.25) is 0 Å². The Hall–Kier alpha value is -2.79. The van der Waals surface area contributed by atoms with Crippen LogP contribution in [-0.4, -0.2) is 30.5 Å². The fourth-order valence-electron chi connectivity index (χ4n) is 3.08. The molecule has 5 heteroatoms. The summed E-state index contributed by atoms with van der Waals surface area (Å²) in [5.74, 6) is 1.52. The molecule has 1 N–H and O–H groups in total. The first-order chi connectivity index (χ1) is 13.2. The Bertz CT molecular complexity index is 859. The van der Waals surface area contributed by atoms with E-state index < -0.39 is 0 Å². The molecule has 0 unspecified atom stereocenters. The Balaban J connectivity index is 1.48. The van der Waals surface area contributed by atoms with E-state index in [1.807, 2.05) is 35.0 Å². The van der Waals surface area contributed by atoms with Crippen LogP contribution in [0.4, 0.5) is 0 Å². The van der Waals surface area contributed by atoms with E-state index in [1.54, 1.807) is 14.2 Å². The molecule has 5 nitrogen and oxygen atoms in total. The summed E-state index contributed by atoms with van der Waals surface area (Å²) in [6.07, 6.45) is 4.21. The minimum atomic E-state index is 0.757. The molecule has 2 aromatic carbocycles. The summed E-state index contributed by atoms with van der Waals surface area (Å²) in [7, 11) is 3.31. The van der Waals surface area contributed by atoms with Crippen molar-refractivity contribution in [3.8, 4) is 17.2 Å². The van der Waals surface area contributed by atoms with Crippen LogP contribution in [0.25, 0.3) is 5.69 Å². The molecule has 0 aliphatic carbocycles. The molecule has 0 atom stereocenters. The fourth-order valence-corrected chi connectivity index (χ4v) is 3.08. The Morgan fingerprint density at radius 1 is 1.00 bits per heavy atom. The van der Waals surface area contributed by atoms with Gasteiger partial charge >= 0.3 is 0 Å². The molecule has 0 aliphatic heterocycles. The van der Waals surface area contributed by atoms with E-state index >= 15 is 0 Å². The minimum absolute atomic E-state index is 0.757. The highest BCUT2D eigenvalue weighted by atomic mass is 16.5. The zero-order chi connectivity index (χ0) is 19.1. The van der Waals surface area contributed by atoms with Gasteiger partial charge in [0.25, 0.3) is 0 Å². The highest BCUT2D eigenvalue weighted by Crippen LogP contribution is 2.27. The van der Waals surface area contributed by atoms with Gasteiger partial charge in [-0.25, -0.2) is 4.68 Å². The monoisotopic (exact) mass is 365 g/mol.